The highest BCUT2D eigenvalue weighted by Gasteiger charge is 2.17. The van der Waals surface area contributed by atoms with E-state index in [1.807, 2.05) is 30.3 Å². The quantitative estimate of drug-likeness (QED) is 0.419. The topological polar surface area (TPSA) is 101 Å². The van der Waals surface area contributed by atoms with E-state index in [0.29, 0.717) is 27.3 Å². The number of hydrazine groups is 1. The van der Waals surface area contributed by atoms with Gasteiger partial charge in [-0.2, -0.15) is 0 Å². The second-order valence-corrected chi connectivity index (χ2v) is 7.64. The molecule has 3 rings (SSSR count). The molecule has 0 atom stereocenters. The summed E-state index contributed by atoms with van der Waals surface area (Å²) >= 11 is 7.18. The summed E-state index contributed by atoms with van der Waals surface area (Å²) in [5.74, 6) is -1.01. The summed E-state index contributed by atoms with van der Waals surface area (Å²) in [6.45, 7) is 1.45. The second-order valence-electron chi connectivity index (χ2n) is 6.37. The van der Waals surface area contributed by atoms with Crippen LogP contribution in [0.25, 0.3) is 6.08 Å². The van der Waals surface area contributed by atoms with Crippen LogP contribution in [0.15, 0.2) is 60.0 Å². The molecule has 3 aromatic rings. The zero-order valence-corrected chi connectivity index (χ0v) is 18.7. The number of benzene rings is 2. The Labute approximate surface area is 193 Å². The summed E-state index contributed by atoms with van der Waals surface area (Å²) in [6, 6.07) is 13.7. The van der Waals surface area contributed by atoms with E-state index in [2.05, 4.69) is 15.8 Å². The van der Waals surface area contributed by atoms with E-state index in [9.17, 15) is 14.4 Å². The molecule has 164 valence electrons. The van der Waals surface area contributed by atoms with Crippen molar-refractivity contribution in [2.75, 3.05) is 12.0 Å². The van der Waals surface area contributed by atoms with Crippen LogP contribution in [0.1, 0.15) is 23.0 Å². The average Bonchev–Trinajstić information content (AvgIpc) is 3.25. The molecule has 2 N–H and O–H groups in total. The van der Waals surface area contributed by atoms with Crippen molar-refractivity contribution in [3.63, 3.8) is 0 Å². The van der Waals surface area contributed by atoms with Crippen molar-refractivity contribution in [2.45, 2.75) is 6.92 Å². The number of nitrogens with zero attached hydrogens (tertiary/aromatic N) is 2. The maximum atomic E-state index is 12.3. The number of ether oxygens (including phenoxy) is 1. The molecule has 0 saturated carbocycles. The van der Waals surface area contributed by atoms with E-state index in [1.54, 1.807) is 17.5 Å². The Hall–Kier alpha value is -3.69. The van der Waals surface area contributed by atoms with Gasteiger partial charge in [-0.3, -0.25) is 30.1 Å². The molecule has 0 spiro atoms. The summed E-state index contributed by atoms with van der Waals surface area (Å²) in [5, 5.41) is 2.55. The van der Waals surface area contributed by atoms with Gasteiger partial charge in [-0.1, -0.05) is 29.8 Å². The normalized spacial score (nSPS) is 10.6. The molecule has 1 aromatic heterocycles. The SMILES string of the molecule is COc1ccc(Cl)cc1C(=O)NNC(=O)C=Cc1csc(N(C(C)=O)c2ccccc2)n1. The first kappa shape index (κ1) is 23.0. The molecule has 0 fully saturated rings. The van der Waals surface area contributed by atoms with Gasteiger partial charge in [0.2, 0.25) is 5.91 Å². The zero-order valence-electron chi connectivity index (χ0n) is 17.2. The smallest absolute Gasteiger partial charge is 0.273 e. The minimum absolute atomic E-state index is 0.179. The molecule has 0 bridgehead atoms. The lowest BCUT2D eigenvalue weighted by Crippen LogP contribution is -2.40. The van der Waals surface area contributed by atoms with Gasteiger partial charge in [0.25, 0.3) is 11.8 Å². The van der Waals surface area contributed by atoms with Crippen LogP contribution in [-0.4, -0.2) is 29.8 Å². The van der Waals surface area contributed by atoms with Crippen LogP contribution in [0.5, 0.6) is 5.75 Å². The van der Waals surface area contributed by atoms with E-state index in [1.165, 1.54) is 48.5 Å². The fourth-order valence-electron chi connectivity index (χ4n) is 2.71. The number of anilines is 2. The maximum Gasteiger partial charge on any atom is 0.273 e. The number of para-hydroxylation sites is 1. The molecule has 3 amide bonds. The predicted molar refractivity (Wildman–Crippen MR) is 124 cm³/mol. The first-order chi connectivity index (χ1) is 15.4. The molecule has 0 aliphatic rings. The number of thiazole rings is 1. The molecule has 8 nitrogen and oxygen atoms in total. The van der Waals surface area contributed by atoms with E-state index in [4.69, 9.17) is 16.3 Å². The number of methoxy groups -OCH3 is 1. The minimum Gasteiger partial charge on any atom is -0.496 e. The summed E-state index contributed by atoms with van der Waals surface area (Å²) in [6.07, 6.45) is 2.69. The third kappa shape index (κ3) is 5.71. The highest BCUT2D eigenvalue weighted by Crippen LogP contribution is 2.29. The van der Waals surface area contributed by atoms with Crippen LogP contribution in [0.2, 0.25) is 5.02 Å². The molecule has 10 heteroatoms. The van der Waals surface area contributed by atoms with Crippen LogP contribution in [0.3, 0.4) is 0 Å². The van der Waals surface area contributed by atoms with E-state index < -0.39 is 11.8 Å². The monoisotopic (exact) mass is 470 g/mol. The first-order valence-electron chi connectivity index (χ1n) is 9.32. The van der Waals surface area contributed by atoms with Crippen LogP contribution < -0.4 is 20.5 Å². The van der Waals surface area contributed by atoms with Gasteiger partial charge in [0.1, 0.15) is 5.75 Å². The summed E-state index contributed by atoms with van der Waals surface area (Å²) in [4.78, 5) is 42.4. The van der Waals surface area contributed by atoms with Crippen molar-refractivity contribution in [3.05, 3.63) is 76.3 Å². The van der Waals surface area contributed by atoms with Gasteiger partial charge in [-0.25, -0.2) is 4.98 Å². The Bertz CT molecular complexity index is 1160. The van der Waals surface area contributed by atoms with Gasteiger partial charge < -0.3 is 4.74 Å². The number of carbonyl (C=O) groups is 3. The van der Waals surface area contributed by atoms with E-state index in [-0.39, 0.29) is 11.5 Å². The van der Waals surface area contributed by atoms with Crippen molar-refractivity contribution in [1.29, 1.82) is 0 Å². The molecule has 0 aliphatic heterocycles. The van der Waals surface area contributed by atoms with Crippen LogP contribution in [0, 0.1) is 0 Å². The molecule has 0 aliphatic carbocycles. The Morgan fingerprint density at radius 2 is 1.88 bits per heavy atom. The Balaban J connectivity index is 1.63. The average molecular weight is 471 g/mol. The van der Waals surface area contributed by atoms with Gasteiger partial charge in [0, 0.05) is 23.4 Å². The molecular weight excluding hydrogens is 452 g/mol. The number of hydrogen-bond acceptors (Lipinski definition) is 6. The second kappa shape index (κ2) is 10.6. The Morgan fingerprint density at radius 1 is 1.12 bits per heavy atom. The third-order valence-corrected chi connectivity index (χ3v) is 5.22. The maximum absolute atomic E-state index is 12.3. The highest BCUT2D eigenvalue weighted by atomic mass is 35.5. The number of hydrogen-bond donors (Lipinski definition) is 2. The molecule has 1 heterocycles. The van der Waals surface area contributed by atoms with Gasteiger partial charge >= 0.3 is 0 Å². The Morgan fingerprint density at radius 3 is 2.56 bits per heavy atom. The molecule has 0 radical (unpaired) electrons. The summed E-state index contributed by atoms with van der Waals surface area (Å²) < 4.78 is 5.12. The summed E-state index contributed by atoms with van der Waals surface area (Å²) in [7, 11) is 1.43. The number of carbonyl (C=O) groups excluding carboxylic acids is 3. The van der Waals surface area contributed by atoms with Gasteiger partial charge in [-0.05, 0) is 36.4 Å². The fraction of sp³-hybridized carbons (Fsp3) is 0.0909. The largest absolute Gasteiger partial charge is 0.496 e. The number of nitrogens with one attached hydrogen (secondary N) is 2. The fourth-order valence-corrected chi connectivity index (χ4v) is 3.73. The van der Waals surface area contributed by atoms with Gasteiger partial charge in [0.15, 0.2) is 5.13 Å². The van der Waals surface area contributed by atoms with E-state index >= 15 is 0 Å². The van der Waals surface area contributed by atoms with Crippen molar-refractivity contribution < 1.29 is 19.1 Å². The van der Waals surface area contributed by atoms with Crippen LogP contribution in [-0.2, 0) is 9.59 Å². The lowest BCUT2D eigenvalue weighted by molar-refractivity contribution is -0.117. The number of aromatic nitrogens is 1. The Kier molecular flexibility index (Phi) is 7.58. The molecule has 0 saturated heterocycles. The zero-order chi connectivity index (χ0) is 23.1. The van der Waals surface area contributed by atoms with Crippen molar-refractivity contribution in [3.8, 4) is 5.75 Å². The van der Waals surface area contributed by atoms with E-state index in [0.717, 1.165) is 0 Å². The third-order valence-electron chi connectivity index (χ3n) is 4.14. The number of halogens is 1. The number of rotatable bonds is 6. The standard InChI is InChI=1S/C22H19ClN4O4S/c1-14(28)27(17-6-4-3-5-7-17)22-24-16(13-32-22)9-11-20(29)25-26-21(30)18-12-15(23)8-10-19(18)31-2/h3-13H,1-2H3,(H,25,29)(H,26,30). The number of amides is 3. The first-order valence-corrected chi connectivity index (χ1v) is 10.6. The summed E-state index contributed by atoms with van der Waals surface area (Å²) in [5.41, 5.74) is 5.95. The van der Waals surface area contributed by atoms with Crippen molar-refractivity contribution in [2.24, 2.45) is 0 Å². The van der Waals surface area contributed by atoms with Crippen LogP contribution >= 0.6 is 22.9 Å². The minimum atomic E-state index is -0.581. The van der Waals surface area contributed by atoms with Crippen molar-refractivity contribution in [1.82, 2.24) is 15.8 Å². The molecule has 0 unspecified atom stereocenters. The van der Waals surface area contributed by atoms with Crippen molar-refractivity contribution >= 4 is 57.6 Å². The molecule has 32 heavy (non-hydrogen) atoms. The lowest BCUT2D eigenvalue weighted by Gasteiger charge is -2.17. The van der Waals surface area contributed by atoms with Crippen LogP contribution in [0.4, 0.5) is 10.8 Å². The highest BCUT2D eigenvalue weighted by molar-refractivity contribution is 7.14. The van der Waals surface area contributed by atoms with Gasteiger partial charge in [-0.15, -0.1) is 11.3 Å². The molecule has 2 aromatic carbocycles. The lowest BCUT2D eigenvalue weighted by atomic mass is 10.2. The molecular formula is C22H19ClN4O4S. The van der Waals surface area contributed by atoms with Gasteiger partial charge in [0.05, 0.1) is 24.1 Å². The predicted octanol–water partition coefficient (Wildman–Crippen LogP) is 3.96.